The molecule has 0 spiro atoms. The highest BCUT2D eigenvalue weighted by Crippen LogP contribution is 2.35. The van der Waals surface area contributed by atoms with Gasteiger partial charge in [-0.05, 0) is 31.2 Å². The summed E-state index contributed by atoms with van der Waals surface area (Å²) < 4.78 is 11.1. The molecule has 0 aromatic heterocycles. The first-order chi connectivity index (χ1) is 9.20. The summed E-state index contributed by atoms with van der Waals surface area (Å²) in [6.07, 6.45) is 1.29. The van der Waals surface area contributed by atoms with Gasteiger partial charge in [-0.25, -0.2) is 0 Å². The number of ether oxygens (including phenoxy) is 2. The van der Waals surface area contributed by atoms with Crippen molar-refractivity contribution in [2.75, 3.05) is 19.8 Å². The van der Waals surface area contributed by atoms with Crippen LogP contribution in [-0.2, 0) is 4.79 Å². The molecule has 0 saturated heterocycles. The second kappa shape index (κ2) is 6.68. The standard InChI is InChI=1S/C13H17NO4S/c14-5-4-12(13(15)16)19-9-2-3-10-11(8-9)18-7-1-6-17-10/h2-3,8,12H,1,4-7,14H2,(H,15,16). The lowest BCUT2D eigenvalue weighted by molar-refractivity contribution is -0.136. The smallest absolute Gasteiger partial charge is 0.317 e. The van der Waals surface area contributed by atoms with Crippen molar-refractivity contribution in [3.63, 3.8) is 0 Å². The Kier molecular flexibility index (Phi) is 4.93. The van der Waals surface area contributed by atoms with Crippen molar-refractivity contribution in [1.82, 2.24) is 0 Å². The van der Waals surface area contributed by atoms with Gasteiger partial charge in [-0.1, -0.05) is 0 Å². The summed E-state index contributed by atoms with van der Waals surface area (Å²) in [4.78, 5) is 12.0. The van der Waals surface area contributed by atoms with Crippen molar-refractivity contribution in [3.05, 3.63) is 18.2 Å². The third-order valence-corrected chi connectivity index (χ3v) is 3.95. The van der Waals surface area contributed by atoms with Gasteiger partial charge in [0.05, 0.1) is 13.2 Å². The van der Waals surface area contributed by atoms with Gasteiger partial charge in [0.15, 0.2) is 11.5 Å². The largest absolute Gasteiger partial charge is 0.490 e. The van der Waals surface area contributed by atoms with Crippen molar-refractivity contribution in [2.24, 2.45) is 5.73 Å². The number of aliphatic carboxylic acids is 1. The van der Waals surface area contributed by atoms with Gasteiger partial charge in [0.1, 0.15) is 5.25 Å². The van der Waals surface area contributed by atoms with Crippen LogP contribution in [0, 0.1) is 0 Å². The SMILES string of the molecule is NCCC(Sc1ccc2c(c1)OCCCO2)C(=O)O. The molecule has 0 fully saturated rings. The highest BCUT2D eigenvalue weighted by Gasteiger charge is 2.19. The molecule has 3 N–H and O–H groups in total. The summed E-state index contributed by atoms with van der Waals surface area (Å²) >= 11 is 1.29. The van der Waals surface area contributed by atoms with E-state index in [-0.39, 0.29) is 0 Å². The predicted octanol–water partition coefficient (Wildman–Crippen LogP) is 1.74. The molecule has 0 bridgehead atoms. The number of carboxylic acid groups (broad SMARTS) is 1. The van der Waals surface area contributed by atoms with Gasteiger partial charge in [0.2, 0.25) is 0 Å². The Morgan fingerprint density at radius 2 is 2.11 bits per heavy atom. The first-order valence-electron chi connectivity index (χ1n) is 6.20. The molecule has 0 saturated carbocycles. The zero-order valence-corrected chi connectivity index (χ0v) is 11.3. The molecular weight excluding hydrogens is 266 g/mol. The zero-order chi connectivity index (χ0) is 13.7. The van der Waals surface area contributed by atoms with Gasteiger partial charge in [-0.15, -0.1) is 11.8 Å². The summed E-state index contributed by atoms with van der Waals surface area (Å²) in [5.41, 5.74) is 5.43. The van der Waals surface area contributed by atoms with E-state index in [4.69, 9.17) is 20.3 Å². The van der Waals surface area contributed by atoms with E-state index in [1.165, 1.54) is 11.8 Å². The fourth-order valence-corrected chi connectivity index (χ4v) is 2.77. The minimum Gasteiger partial charge on any atom is -0.490 e. The Morgan fingerprint density at radius 3 is 2.79 bits per heavy atom. The van der Waals surface area contributed by atoms with E-state index in [2.05, 4.69) is 0 Å². The lowest BCUT2D eigenvalue weighted by Crippen LogP contribution is -2.20. The van der Waals surface area contributed by atoms with Crippen molar-refractivity contribution in [2.45, 2.75) is 23.0 Å². The molecule has 1 atom stereocenters. The fraction of sp³-hybridized carbons (Fsp3) is 0.462. The van der Waals surface area contributed by atoms with Gasteiger partial charge in [-0.2, -0.15) is 0 Å². The van der Waals surface area contributed by atoms with Gasteiger partial charge < -0.3 is 20.3 Å². The molecule has 1 aromatic rings. The Morgan fingerprint density at radius 1 is 1.37 bits per heavy atom. The van der Waals surface area contributed by atoms with Crippen LogP contribution in [0.1, 0.15) is 12.8 Å². The first kappa shape index (κ1) is 14.0. The van der Waals surface area contributed by atoms with E-state index in [0.29, 0.717) is 37.7 Å². The highest BCUT2D eigenvalue weighted by atomic mass is 32.2. The molecule has 1 unspecified atom stereocenters. The summed E-state index contributed by atoms with van der Waals surface area (Å²) in [7, 11) is 0. The maximum absolute atomic E-state index is 11.1. The quantitative estimate of drug-likeness (QED) is 0.801. The van der Waals surface area contributed by atoms with Crippen LogP contribution in [0.3, 0.4) is 0 Å². The maximum atomic E-state index is 11.1. The fourth-order valence-electron chi connectivity index (χ4n) is 1.77. The number of benzene rings is 1. The van der Waals surface area contributed by atoms with Crippen LogP contribution in [0.25, 0.3) is 0 Å². The molecule has 0 radical (unpaired) electrons. The van der Waals surface area contributed by atoms with Gasteiger partial charge >= 0.3 is 5.97 Å². The number of carbonyl (C=O) groups is 1. The molecule has 5 nitrogen and oxygen atoms in total. The molecule has 19 heavy (non-hydrogen) atoms. The average Bonchev–Trinajstić information content (AvgIpc) is 2.62. The van der Waals surface area contributed by atoms with Gasteiger partial charge in [-0.3, -0.25) is 4.79 Å². The summed E-state index contributed by atoms with van der Waals surface area (Å²) in [6.45, 7) is 1.62. The Hall–Kier alpha value is -1.40. The molecule has 1 heterocycles. The minimum atomic E-state index is -0.845. The van der Waals surface area contributed by atoms with E-state index in [1.54, 1.807) is 0 Å². The van der Waals surface area contributed by atoms with Crippen molar-refractivity contribution in [1.29, 1.82) is 0 Å². The summed E-state index contributed by atoms with van der Waals surface area (Å²) in [5.74, 6) is 0.550. The van der Waals surface area contributed by atoms with Crippen LogP contribution in [0.4, 0.5) is 0 Å². The Bertz CT molecular complexity index is 452. The number of thioether (sulfide) groups is 1. The number of rotatable bonds is 5. The van der Waals surface area contributed by atoms with E-state index < -0.39 is 11.2 Å². The number of hydrogen-bond donors (Lipinski definition) is 2. The maximum Gasteiger partial charge on any atom is 0.317 e. The third kappa shape index (κ3) is 3.78. The zero-order valence-electron chi connectivity index (χ0n) is 10.5. The van der Waals surface area contributed by atoms with Crippen molar-refractivity contribution < 1.29 is 19.4 Å². The van der Waals surface area contributed by atoms with E-state index in [1.807, 2.05) is 18.2 Å². The van der Waals surface area contributed by atoms with E-state index >= 15 is 0 Å². The van der Waals surface area contributed by atoms with Crippen LogP contribution in [-0.4, -0.2) is 36.1 Å². The molecule has 0 amide bonds. The lowest BCUT2D eigenvalue weighted by atomic mass is 10.3. The van der Waals surface area contributed by atoms with Gasteiger partial charge in [0, 0.05) is 11.3 Å². The van der Waals surface area contributed by atoms with Crippen LogP contribution in [0.5, 0.6) is 11.5 Å². The summed E-state index contributed by atoms with van der Waals surface area (Å²) in [5, 5.41) is 8.58. The average molecular weight is 283 g/mol. The van der Waals surface area contributed by atoms with Gasteiger partial charge in [0.25, 0.3) is 0 Å². The first-order valence-corrected chi connectivity index (χ1v) is 7.08. The predicted molar refractivity (Wildman–Crippen MR) is 73.0 cm³/mol. The van der Waals surface area contributed by atoms with Crippen LogP contribution >= 0.6 is 11.8 Å². The normalized spacial score (nSPS) is 15.6. The third-order valence-electron chi connectivity index (χ3n) is 2.70. The number of nitrogens with two attached hydrogens (primary N) is 1. The second-order valence-corrected chi connectivity index (χ2v) is 5.46. The molecule has 1 aromatic carbocycles. The van der Waals surface area contributed by atoms with Crippen LogP contribution in [0.15, 0.2) is 23.1 Å². The Balaban J connectivity index is 2.12. The van der Waals surface area contributed by atoms with E-state index in [0.717, 1.165) is 11.3 Å². The highest BCUT2D eigenvalue weighted by molar-refractivity contribution is 8.00. The van der Waals surface area contributed by atoms with Crippen molar-refractivity contribution in [3.8, 4) is 11.5 Å². The number of fused-ring (bicyclic) bond motifs is 1. The molecule has 104 valence electrons. The van der Waals surface area contributed by atoms with Crippen molar-refractivity contribution >= 4 is 17.7 Å². The van der Waals surface area contributed by atoms with E-state index in [9.17, 15) is 4.79 Å². The monoisotopic (exact) mass is 283 g/mol. The minimum absolute atomic E-state index is 0.356. The number of hydrogen-bond acceptors (Lipinski definition) is 5. The molecule has 6 heteroatoms. The second-order valence-electron chi connectivity index (χ2n) is 4.18. The molecule has 0 aliphatic carbocycles. The number of carboxylic acids is 1. The molecular formula is C13H17NO4S. The Labute approximate surface area is 116 Å². The van der Waals surface area contributed by atoms with Crippen LogP contribution < -0.4 is 15.2 Å². The molecule has 1 aliphatic heterocycles. The lowest BCUT2D eigenvalue weighted by Gasteiger charge is -2.13. The topological polar surface area (TPSA) is 81.8 Å². The molecule has 1 aliphatic rings. The van der Waals surface area contributed by atoms with Crippen LogP contribution in [0.2, 0.25) is 0 Å². The summed E-state index contributed by atoms with van der Waals surface area (Å²) in [6, 6.07) is 5.51. The molecule has 2 rings (SSSR count).